The van der Waals surface area contributed by atoms with Crippen LogP contribution in [0.4, 0.5) is 0 Å². The number of rotatable bonds is 8. The van der Waals surface area contributed by atoms with E-state index >= 15 is 0 Å². The SMILES string of the molecule is Cc1ccc2c(c1)c1ccccc1n2-c1c(-c2nc3ccccc3o2)c(-n2c3ccccc3c3cc(C)ccc32)c(-n2c3ccccc3c3cc(C)ccc32)c(-n2c3ccccc3c3cc(C)ccc32)c1-c1ccc(-c2ccccc2)nc1-c1ccccc1. The van der Waals surface area contributed by atoms with Crippen molar-refractivity contribution < 1.29 is 4.42 Å². The third-order valence-corrected chi connectivity index (χ3v) is 18.4. The third kappa shape index (κ3) is 7.58. The first-order valence-corrected chi connectivity index (χ1v) is 30.6. The minimum absolute atomic E-state index is 0.478. The van der Waals surface area contributed by atoms with Crippen LogP contribution in [0.25, 0.3) is 166 Å². The Morgan fingerprint density at radius 3 is 1.11 bits per heavy atom. The highest BCUT2D eigenvalue weighted by Gasteiger charge is 2.38. The molecule has 0 radical (unpaired) electrons. The molecule has 0 aliphatic heterocycles. The van der Waals surface area contributed by atoms with Crippen LogP contribution in [0.15, 0.2) is 271 Å². The molecule has 18 rings (SSSR count). The van der Waals surface area contributed by atoms with E-state index in [0.29, 0.717) is 11.5 Å². The number of para-hydroxylation sites is 6. The summed E-state index contributed by atoms with van der Waals surface area (Å²) < 4.78 is 17.8. The van der Waals surface area contributed by atoms with Gasteiger partial charge in [0.25, 0.3) is 0 Å². The summed E-state index contributed by atoms with van der Waals surface area (Å²) in [6.45, 7) is 8.79. The second-order valence-corrected chi connectivity index (χ2v) is 23.9. The maximum atomic E-state index is 7.58. The average molecular weight is 1140 g/mol. The van der Waals surface area contributed by atoms with Gasteiger partial charge in [0.15, 0.2) is 5.58 Å². The first kappa shape index (κ1) is 50.8. The molecule has 12 aromatic carbocycles. The van der Waals surface area contributed by atoms with Crippen molar-refractivity contribution >= 4 is 98.3 Å². The van der Waals surface area contributed by atoms with Gasteiger partial charge in [-0.15, -0.1) is 0 Å². The summed E-state index contributed by atoms with van der Waals surface area (Å²) in [6.07, 6.45) is 0. The molecule has 6 aromatic heterocycles. The average Bonchev–Trinajstić information content (AvgIpc) is 1.63. The molecule has 0 N–H and O–H groups in total. The Balaban J connectivity index is 1.23. The van der Waals surface area contributed by atoms with E-state index in [1.165, 1.54) is 22.3 Å². The molecule has 0 saturated heterocycles. The van der Waals surface area contributed by atoms with Crippen LogP contribution in [0.3, 0.4) is 0 Å². The Morgan fingerprint density at radius 2 is 0.652 bits per heavy atom. The van der Waals surface area contributed by atoms with Crippen molar-refractivity contribution in [2.75, 3.05) is 0 Å². The van der Waals surface area contributed by atoms with Crippen LogP contribution in [-0.4, -0.2) is 28.2 Å². The van der Waals surface area contributed by atoms with Crippen LogP contribution in [-0.2, 0) is 0 Å². The number of hydrogen-bond donors (Lipinski definition) is 0. The Bertz CT molecular complexity index is 5940. The van der Waals surface area contributed by atoms with Gasteiger partial charge in [-0.3, -0.25) is 0 Å². The highest BCUT2D eigenvalue weighted by atomic mass is 16.3. The third-order valence-electron chi connectivity index (χ3n) is 18.4. The minimum Gasteiger partial charge on any atom is -0.436 e. The van der Waals surface area contributed by atoms with Crippen molar-refractivity contribution in [3.8, 4) is 67.8 Å². The monoisotopic (exact) mass is 1140 g/mol. The number of fused-ring (bicyclic) bond motifs is 13. The summed E-state index contributed by atoms with van der Waals surface area (Å²) in [7, 11) is 0. The van der Waals surface area contributed by atoms with E-state index in [1.807, 2.05) is 12.1 Å². The smallest absolute Gasteiger partial charge is 0.231 e. The largest absolute Gasteiger partial charge is 0.436 e. The Kier molecular flexibility index (Phi) is 11.1. The standard InChI is InChI=1S/C82H56N6O/c1-49-35-41-70-60(45-49)55-25-11-16-30-66(55)85(70)78-75(59-39-40-64(53-21-7-5-8-22-53)83-77(59)54-23-9-6-10-24-54)79(86-67-31-17-12-26-56(67)61-46-50(2)36-42-71(61)86)81(88-69-33-19-14-28-58(69)63-48-52(4)38-44-73(63)88)80(76(78)82-84-65-29-15-20-34-74(65)89-82)87-68-32-18-13-27-57(68)62-47-51(3)37-43-72(62)87/h5-48H,1-4H3. The lowest BCUT2D eigenvalue weighted by Crippen LogP contribution is -2.16. The molecule has 89 heavy (non-hydrogen) atoms. The molecule has 0 atom stereocenters. The fourth-order valence-corrected chi connectivity index (χ4v) is 14.6. The van der Waals surface area contributed by atoms with Gasteiger partial charge in [-0.2, -0.15) is 0 Å². The van der Waals surface area contributed by atoms with Gasteiger partial charge in [0.05, 0.1) is 83.8 Å². The van der Waals surface area contributed by atoms with Gasteiger partial charge in [0, 0.05) is 65.3 Å². The number of oxazole rings is 1. The van der Waals surface area contributed by atoms with Crippen molar-refractivity contribution in [1.29, 1.82) is 0 Å². The van der Waals surface area contributed by atoms with Crippen molar-refractivity contribution in [3.05, 3.63) is 289 Å². The van der Waals surface area contributed by atoms with Crippen LogP contribution in [0.1, 0.15) is 22.3 Å². The van der Waals surface area contributed by atoms with Crippen molar-refractivity contribution in [2.45, 2.75) is 27.7 Å². The van der Waals surface area contributed by atoms with Crippen molar-refractivity contribution in [2.24, 2.45) is 0 Å². The molecular weight excluding hydrogens is 1080 g/mol. The van der Waals surface area contributed by atoms with Gasteiger partial charge in [0.2, 0.25) is 5.89 Å². The zero-order valence-electron chi connectivity index (χ0n) is 49.5. The molecule has 0 bridgehead atoms. The van der Waals surface area contributed by atoms with E-state index in [0.717, 1.165) is 155 Å². The van der Waals surface area contributed by atoms with Gasteiger partial charge >= 0.3 is 0 Å². The molecule has 18 aromatic rings. The van der Waals surface area contributed by atoms with Crippen LogP contribution in [0, 0.1) is 27.7 Å². The quantitative estimate of drug-likeness (QED) is 0.152. The normalized spacial score (nSPS) is 12.0. The van der Waals surface area contributed by atoms with Crippen LogP contribution in [0.2, 0.25) is 0 Å². The summed E-state index contributed by atoms with van der Waals surface area (Å²) in [6, 6.07) is 97.6. The molecule has 0 saturated carbocycles. The number of hydrogen-bond acceptors (Lipinski definition) is 3. The van der Waals surface area contributed by atoms with Crippen LogP contribution >= 0.6 is 0 Å². The van der Waals surface area contributed by atoms with Gasteiger partial charge < -0.3 is 22.7 Å². The summed E-state index contributed by atoms with van der Waals surface area (Å²) in [5, 5.41) is 9.15. The zero-order valence-corrected chi connectivity index (χ0v) is 49.5. The summed E-state index contributed by atoms with van der Waals surface area (Å²) in [5.41, 5.74) is 24.6. The van der Waals surface area contributed by atoms with Gasteiger partial charge in [-0.1, -0.05) is 192 Å². The zero-order chi connectivity index (χ0) is 59.2. The molecule has 0 aliphatic rings. The van der Waals surface area contributed by atoms with Gasteiger partial charge in [-0.05, 0) is 125 Å². The molecule has 7 nitrogen and oxygen atoms in total. The van der Waals surface area contributed by atoms with E-state index in [9.17, 15) is 0 Å². The predicted molar refractivity (Wildman–Crippen MR) is 370 cm³/mol. The van der Waals surface area contributed by atoms with Crippen molar-refractivity contribution in [3.63, 3.8) is 0 Å². The van der Waals surface area contributed by atoms with Gasteiger partial charge in [-0.25, -0.2) is 9.97 Å². The van der Waals surface area contributed by atoms with Crippen LogP contribution in [0.5, 0.6) is 0 Å². The molecule has 7 heteroatoms. The highest BCUT2D eigenvalue weighted by molar-refractivity contribution is 6.19. The van der Waals surface area contributed by atoms with E-state index < -0.39 is 0 Å². The number of benzene rings is 12. The lowest BCUT2D eigenvalue weighted by Gasteiger charge is -2.31. The Hall–Kier alpha value is -11.5. The second kappa shape index (κ2) is 19.5. The fourth-order valence-electron chi connectivity index (χ4n) is 14.6. The number of pyridine rings is 1. The van der Waals surface area contributed by atoms with Crippen LogP contribution < -0.4 is 0 Å². The first-order chi connectivity index (χ1) is 43.8. The van der Waals surface area contributed by atoms with E-state index in [-0.39, 0.29) is 0 Å². The molecule has 0 aliphatic carbocycles. The molecule has 0 unspecified atom stereocenters. The van der Waals surface area contributed by atoms with Gasteiger partial charge in [0.1, 0.15) is 5.52 Å². The molecule has 0 spiro atoms. The number of aryl methyl sites for hydroxylation is 4. The molecule has 420 valence electrons. The van der Waals surface area contributed by atoms with E-state index in [2.05, 4.69) is 301 Å². The Labute approximate surface area is 512 Å². The maximum Gasteiger partial charge on any atom is 0.231 e. The lowest BCUT2D eigenvalue weighted by atomic mass is 9.89. The molecule has 6 heterocycles. The maximum absolute atomic E-state index is 7.58. The van der Waals surface area contributed by atoms with E-state index in [4.69, 9.17) is 14.4 Å². The number of aromatic nitrogens is 6. The van der Waals surface area contributed by atoms with E-state index in [1.54, 1.807) is 0 Å². The predicted octanol–water partition coefficient (Wildman–Crippen LogP) is 21.5. The second-order valence-electron chi connectivity index (χ2n) is 23.9. The minimum atomic E-state index is 0.478. The number of nitrogens with zero attached hydrogens (tertiary/aromatic N) is 6. The molecule has 0 fully saturated rings. The summed E-state index contributed by atoms with van der Waals surface area (Å²) in [4.78, 5) is 11.7. The molecule has 0 amide bonds. The Morgan fingerprint density at radius 1 is 0.281 bits per heavy atom. The molecular formula is C82H56N6O. The fraction of sp³-hybridized carbons (Fsp3) is 0.0488. The topological polar surface area (TPSA) is 58.6 Å². The highest BCUT2D eigenvalue weighted by Crippen LogP contribution is 2.56. The first-order valence-electron chi connectivity index (χ1n) is 30.6. The summed E-state index contributed by atoms with van der Waals surface area (Å²) in [5.74, 6) is 0.478. The van der Waals surface area contributed by atoms with Crippen molar-refractivity contribution in [1.82, 2.24) is 28.2 Å². The lowest BCUT2D eigenvalue weighted by molar-refractivity contribution is 0.619. The summed E-state index contributed by atoms with van der Waals surface area (Å²) >= 11 is 0.